The molecule has 1 aliphatic rings. The van der Waals surface area contributed by atoms with Crippen LogP contribution in [0.5, 0.6) is 11.5 Å². The van der Waals surface area contributed by atoms with Gasteiger partial charge in [-0.1, -0.05) is 16.8 Å². The van der Waals surface area contributed by atoms with Gasteiger partial charge in [0.2, 0.25) is 6.79 Å². The quantitative estimate of drug-likeness (QED) is 0.533. The van der Waals surface area contributed by atoms with Crippen LogP contribution in [0.1, 0.15) is 5.56 Å². The van der Waals surface area contributed by atoms with Gasteiger partial charge >= 0.3 is 6.09 Å². The number of rotatable bonds is 3. The molecule has 0 saturated carbocycles. The Morgan fingerprint density at radius 2 is 1.95 bits per heavy atom. The Morgan fingerprint density at radius 3 is 2.77 bits per heavy atom. The summed E-state index contributed by atoms with van der Waals surface area (Å²) in [6.45, 7) is 0.204. The molecule has 0 bridgehead atoms. The van der Waals surface area contributed by atoms with Crippen molar-refractivity contribution in [2.45, 2.75) is 0 Å². The summed E-state index contributed by atoms with van der Waals surface area (Å²) in [7, 11) is 0. The molecule has 0 radical (unpaired) electrons. The third kappa shape index (κ3) is 3.48. The topological polar surface area (TPSA) is 69.2 Å². The summed E-state index contributed by atoms with van der Waals surface area (Å²) in [6.07, 6.45) is 0.711. The van der Waals surface area contributed by atoms with Crippen molar-refractivity contribution in [3.8, 4) is 11.5 Å². The molecule has 2 aromatic carbocycles. The number of hydrogen-bond acceptors (Lipinski definition) is 5. The van der Waals surface area contributed by atoms with Gasteiger partial charge in [-0.3, -0.25) is 10.2 Å². The van der Waals surface area contributed by atoms with E-state index in [-0.39, 0.29) is 6.79 Å². The molecule has 0 aromatic heterocycles. The van der Waals surface area contributed by atoms with Crippen molar-refractivity contribution in [1.82, 2.24) is 0 Å². The monoisotopic (exact) mass is 318 g/mol. The molecular weight excluding hydrogens is 308 g/mol. The summed E-state index contributed by atoms with van der Waals surface area (Å²) < 4.78 is 10.4. The lowest BCUT2D eigenvalue weighted by molar-refractivity contribution is 0.167. The first kappa shape index (κ1) is 14.2. The molecule has 7 heteroatoms. The SMILES string of the molecule is O=C(Nc1ccc(Cl)cc1)ON=Cc1ccc2c(c1)OCO2. The molecule has 1 amide bonds. The Hall–Kier alpha value is -2.73. The van der Waals surface area contributed by atoms with E-state index in [1.807, 2.05) is 0 Å². The van der Waals surface area contributed by atoms with Gasteiger partial charge in [-0.25, -0.2) is 4.79 Å². The summed E-state index contributed by atoms with van der Waals surface area (Å²) >= 11 is 5.75. The second-order valence-electron chi connectivity index (χ2n) is 4.36. The highest BCUT2D eigenvalue weighted by molar-refractivity contribution is 6.30. The number of oxime groups is 1. The van der Waals surface area contributed by atoms with Crippen LogP contribution in [-0.2, 0) is 4.84 Å². The van der Waals surface area contributed by atoms with Gasteiger partial charge in [0, 0.05) is 16.3 Å². The van der Waals surface area contributed by atoms with E-state index in [4.69, 9.17) is 25.9 Å². The maximum Gasteiger partial charge on any atom is 0.437 e. The number of carbonyl (C=O) groups excluding carboxylic acids is 1. The minimum atomic E-state index is -0.695. The summed E-state index contributed by atoms with van der Waals surface area (Å²) in [5, 5.41) is 6.72. The fraction of sp³-hybridized carbons (Fsp3) is 0.0667. The number of hydrogen-bond donors (Lipinski definition) is 1. The second kappa shape index (κ2) is 6.36. The smallest absolute Gasteiger partial charge is 0.437 e. The average molecular weight is 319 g/mol. The van der Waals surface area contributed by atoms with E-state index in [1.165, 1.54) is 6.21 Å². The Labute approximate surface area is 131 Å². The number of amides is 1. The van der Waals surface area contributed by atoms with Gasteiger partial charge in [-0.15, -0.1) is 0 Å². The van der Waals surface area contributed by atoms with Gasteiger partial charge in [0.25, 0.3) is 0 Å². The van der Waals surface area contributed by atoms with Crippen molar-refractivity contribution < 1.29 is 19.1 Å². The Balaban J connectivity index is 1.55. The lowest BCUT2D eigenvalue weighted by atomic mass is 10.2. The van der Waals surface area contributed by atoms with E-state index in [1.54, 1.807) is 42.5 Å². The summed E-state index contributed by atoms with van der Waals surface area (Å²) in [5.41, 5.74) is 1.29. The summed E-state index contributed by atoms with van der Waals surface area (Å²) in [4.78, 5) is 16.3. The molecule has 0 spiro atoms. The first-order valence-corrected chi connectivity index (χ1v) is 6.75. The zero-order valence-corrected chi connectivity index (χ0v) is 12.0. The molecule has 112 valence electrons. The molecular formula is C15H11ClN2O4. The first-order chi connectivity index (χ1) is 10.7. The van der Waals surface area contributed by atoms with Crippen molar-refractivity contribution >= 4 is 29.6 Å². The van der Waals surface area contributed by atoms with Gasteiger partial charge in [0.1, 0.15) is 0 Å². The third-order valence-electron chi connectivity index (χ3n) is 2.82. The molecule has 1 aliphatic heterocycles. The molecule has 3 rings (SSSR count). The highest BCUT2D eigenvalue weighted by Gasteiger charge is 2.12. The third-order valence-corrected chi connectivity index (χ3v) is 3.08. The number of ether oxygens (including phenoxy) is 2. The van der Waals surface area contributed by atoms with Crippen LogP contribution in [0.15, 0.2) is 47.6 Å². The predicted octanol–water partition coefficient (Wildman–Crippen LogP) is 3.65. The molecule has 2 aromatic rings. The molecule has 0 saturated heterocycles. The zero-order valence-electron chi connectivity index (χ0n) is 11.3. The fourth-order valence-electron chi connectivity index (χ4n) is 1.80. The van der Waals surface area contributed by atoms with Crippen LogP contribution in [0.25, 0.3) is 0 Å². The number of nitrogens with zero attached hydrogens (tertiary/aromatic N) is 1. The van der Waals surface area contributed by atoms with E-state index >= 15 is 0 Å². The summed E-state index contributed by atoms with van der Waals surface area (Å²) in [5.74, 6) is 1.31. The summed E-state index contributed by atoms with van der Waals surface area (Å²) in [6, 6.07) is 11.9. The number of halogens is 1. The lowest BCUT2D eigenvalue weighted by Crippen LogP contribution is -2.10. The van der Waals surface area contributed by atoms with E-state index in [2.05, 4.69) is 10.5 Å². The lowest BCUT2D eigenvalue weighted by Gasteiger charge is -2.02. The van der Waals surface area contributed by atoms with Crippen molar-refractivity contribution in [1.29, 1.82) is 0 Å². The molecule has 0 unspecified atom stereocenters. The molecule has 6 nitrogen and oxygen atoms in total. The normalized spacial score (nSPS) is 12.4. The van der Waals surface area contributed by atoms with Crippen LogP contribution in [0, 0.1) is 0 Å². The van der Waals surface area contributed by atoms with Crippen molar-refractivity contribution in [2.75, 3.05) is 12.1 Å². The van der Waals surface area contributed by atoms with E-state index in [9.17, 15) is 4.79 Å². The minimum absolute atomic E-state index is 0.204. The number of anilines is 1. The van der Waals surface area contributed by atoms with Crippen molar-refractivity contribution in [3.05, 3.63) is 53.1 Å². The molecule has 0 aliphatic carbocycles. The van der Waals surface area contributed by atoms with Crippen molar-refractivity contribution in [3.63, 3.8) is 0 Å². The van der Waals surface area contributed by atoms with Crippen LogP contribution in [-0.4, -0.2) is 19.1 Å². The van der Waals surface area contributed by atoms with Crippen LogP contribution >= 0.6 is 11.6 Å². The molecule has 22 heavy (non-hydrogen) atoms. The molecule has 1 N–H and O–H groups in total. The second-order valence-corrected chi connectivity index (χ2v) is 4.79. The van der Waals surface area contributed by atoms with Crippen molar-refractivity contribution in [2.24, 2.45) is 5.16 Å². The molecule has 0 atom stereocenters. The van der Waals surface area contributed by atoms with Gasteiger partial charge in [-0.05, 0) is 42.5 Å². The Bertz CT molecular complexity index is 716. The largest absolute Gasteiger partial charge is 0.454 e. The van der Waals surface area contributed by atoms with Crippen LogP contribution in [0.4, 0.5) is 10.5 Å². The van der Waals surface area contributed by atoms with E-state index in [0.717, 1.165) is 5.56 Å². The van der Waals surface area contributed by atoms with Crippen LogP contribution in [0.3, 0.4) is 0 Å². The minimum Gasteiger partial charge on any atom is -0.454 e. The predicted molar refractivity (Wildman–Crippen MR) is 81.7 cm³/mol. The molecule has 1 heterocycles. The number of fused-ring (bicyclic) bond motifs is 1. The Morgan fingerprint density at radius 1 is 1.18 bits per heavy atom. The van der Waals surface area contributed by atoms with Gasteiger partial charge in [0.15, 0.2) is 11.5 Å². The zero-order chi connectivity index (χ0) is 15.4. The van der Waals surface area contributed by atoms with Gasteiger partial charge in [0.05, 0.1) is 6.21 Å². The maximum absolute atomic E-state index is 11.6. The highest BCUT2D eigenvalue weighted by atomic mass is 35.5. The number of carbonyl (C=O) groups is 1. The van der Waals surface area contributed by atoms with E-state index < -0.39 is 6.09 Å². The van der Waals surface area contributed by atoms with E-state index in [0.29, 0.717) is 22.2 Å². The average Bonchev–Trinajstić information content (AvgIpc) is 2.97. The molecule has 0 fully saturated rings. The number of benzene rings is 2. The first-order valence-electron chi connectivity index (χ1n) is 6.37. The van der Waals surface area contributed by atoms with Gasteiger partial charge < -0.3 is 9.47 Å². The van der Waals surface area contributed by atoms with Crippen LogP contribution in [0.2, 0.25) is 5.02 Å². The Kier molecular flexibility index (Phi) is 4.11. The highest BCUT2D eigenvalue weighted by Crippen LogP contribution is 2.31. The standard InChI is InChI=1S/C15H11ClN2O4/c16-11-2-4-12(5-3-11)18-15(19)22-17-8-10-1-6-13-14(7-10)21-9-20-13/h1-8H,9H2,(H,18,19). The maximum atomic E-state index is 11.6. The number of nitrogens with one attached hydrogen (secondary N) is 1. The fourth-order valence-corrected chi connectivity index (χ4v) is 1.93. The van der Waals surface area contributed by atoms with Crippen LogP contribution < -0.4 is 14.8 Å². The van der Waals surface area contributed by atoms with Gasteiger partial charge in [-0.2, -0.15) is 0 Å².